The molecule has 22 heavy (non-hydrogen) atoms. The molecule has 0 spiro atoms. The van der Waals surface area contributed by atoms with Crippen molar-refractivity contribution in [2.75, 3.05) is 13.2 Å². The Balaban J connectivity index is 3.29. The Morgan fingerprint density at radius 1 is 0.818 bits per heavy atom. The number of carbonyl (C=O) groups excluding carboxylic acids is 2. The highest BCUT2D eigenvalue weighted by molar-refractivity contribution is 5.86. The summed E-state index contributed by atoms with van der Waals surface area (Å²) in [7, 11) is 0. The molecule has 0 amide bonds. The summed E-state index contributed by atoms with van der Waals surface area (Å²) >= 11 is 0. The van der Waals surface area contributed by atoms with Gasteiger partial charge in [-0.3, -0.25) is 4.79 Å². The van der Waals surface area contributed by atoms with Crippen LogP contribution in [0.3, 0.4) is 0 Å². The summed E-state index contributed by atoms with van der Waals surface area (Å²) in [6.07, 6.45) is 11.5. The number of rotatable bonds is 14. The molecule has 0 unspecified atom stereocenters. The summed E-state index contributed by atoms with van der Waals surface area (Å²) in [4.78, 5) is 22.5. The van der Waals surface area contributed by atoms with Crippen LogP contribution in [0.15, 0.2) is 12.2 Å². The molecule has 4 nitrogen and oxygen atoms in total. The molecule has 0 radical (unpaired) electrons. The first kappa shape index (κ1) is 20.7. The molecule has 0 aliphatic rings. The van der Waals surface area contributed by atoms with E-state index in [1.807, 2.05) is 0 Å². The van der Waals surface area contributed by atoms with Crippen LogP contribution >= 0.6 is 0 Å². The molecule has 0 rings (SSSR count). The number of hydrogen-bond donors (Lipinski definition) is 0. The fraction of sp³-hybridized carbons (Fsp3) is 0.778. The van der Waals surface area contributed by atoms with Crippen molar-refractivity contribution in [3.8, 4) is 0 Å². The lowest BCUT2D eigenvalue weighted by Crippen LogP contribution is -2.14. The maximum absolute atomic E-state index is 11.4. The van der Waals surface area contributed by atoms with Gasteiger partial charge in [-0.15, -0.1) is 0 Å². The highest BCUT2D eigenvalue weighted by Gasteiger charge is 2.05. The van der Waals surface area contributed by atoms with E-state index in [1.165, 1.54) is 44.9 Å². The average Bonchev–Trinajstić information content (AvgIpc) is 2.49. The van der Waals surface area contributed by atoms with Crippen LogP contribution in [0.1, 0.15) is 78.1 Å². The zero-order valence-electron chi connectivity index (χ0n) is 14.3. The van der Waals surface area contributed by atoms with Crippen LogP contribution in [0.2, 0.25) is 0 Å². The summed E-state index contributed by atoms with van der Waals surface area (Å²) in [5.74, 6) is -0.663. The SMILES string of the molecule is C=C(C)C(=O)OCCOC(=O)CCCCCCCCCCC. The van der Waals surface area contributed by atoms with Gasteiger partial charge in [0.15, 0.2) is 0 Å². The maximum atomic E-state index is 11.4. The standard InChI is InChI=1S/C18H32O4/c1-4-5-6-7-8-9-10-11-12-13-17(19)21-14-15-22-18(20)16(2)3/h2,4-15H2,1,3H3. The predicted molar refractivity (Wildman–Crippen MR) is 88.6 cm³/mol. The van der Waals surface area contributed by atoms with E-state index in [-0.39, 0.29) is 19.2 Å². The molecule has 0 aromatic heterocycles. The molecule has 0 N–H and O–H groups in total. The lowest BCUT2D eigenvalue weighted by Gasteiger charge is -2.06. The van der Waals surface area contributed by atoms with Crippen molar-refractivity contribution in [1.29, 1.82) is 0 Å². The lowest BCUT2D eigenvalue weighted by atomic mass is 10.1. The monoisotopic (exact) mass is 312 g/mol. The van der Waals surface area contributed by atoms with Gasteiger partial charge in [0, 0.05) is 12.0 Å². The topological polar surface area (TPSA) is 52.6 Å². The van der Waals surface area contributed by atoms with Gasteiger partial charge in [0.05, 0.1) is 0 Å². The Morgan fingerprint density at radius 3 is 1.86 bits per heavy atom. The second kappa shape index (κ2) is 14.6. The van der Waals surface area contributed by atoms with Crippen LogP contribution < -0.4 is 0 Å². The third-order valence-corrected chi connectivity index (χ3v) is 3.41. The molecule has 128 valence electrons. The first-order valence-electron chi connectivity index (χ1n) is 8.56. The van der Waals surface area contributed by atoms with E-state index in [1.54, 1.807) is 6.92 Å². The minimum absolute atomic E-state index is 0.0925. The Hall–Kier alpha value is -1.32. The van der Waals surface area contributed by atoms with Gasteiger partial charge >= 0.3 is 11.9 Å². The first-order chi connectivity index (χ1) is 10.6. The molecule has 0 bridgehead atoms. The third-order valence-electron chi connectivity index (χ3n) is 3.41. The summed E-state index contributed by atoms with van der Waals surface area (Å²) in [6, 6.07) is 0. The molecule has 0 aliphatic heterocycles. The molecule has 0 saturated carbocycles. The molecular formula is C18H32O4. The minimum atomic E-state index is -0.449. The van der Waals surface area contributed by atoms with Crippen LogP contribution in [0, 0.1) is 0 Å². The van der Waals surface area contributed by atoms with Crippen molar-refractivity contribution >= 4 is 11.9 Å². The molecule has 0 atom stereocenters. The third kappa shape index (κ3) is 13.7. The molecule has 0 saturated heterocycles. The average molecular weight is 312 g/mol. The van der Waals surface area contributed by atoms with Crippen LogP contribution in [0.4, 0.5) is 0 Å². The molecule has 4 heteroatoms. The van der Waals surface area contributed by atoms with E-state index in [2.05, 4.69) is 13.5 Å². The highest BCUT2D eigenvalue weighted by atomic mass is 16.6. The van der Waals surface area contributed by atoms with Crippen LogP contribution in [-0.2, 0) is 19.1 Å². The van der Waals surface area contributed by atoms with Gasteiger partial charge in [-0.2, -0.15) is 0 Å². The van der Waals surface area contributed by atoms with E-state index < -0.39 is 5.97 Å². The normalized spacial score (nSPS) is 10.3. The van der Waals surface area contributed by atoms with Gasteiger partial charge in [0.25, 0.3) is 0 Å². The van der Waals surface area contributed by atoms with Crippen molar-refractivity contribution in [1.82, 2.24) is 0 Å². The van der Waals surface area contributed by atoms with Crippen molar-refractivity contribution in [3.63, 3.8) is 0 Å². The van der Waals surface area contributed by atoms with Crippen molar-refractivity contribution in [3.05, 3.63) is 12.2 Å². The summed E-state index contributed by atoms with van der Waals surface area (Å²) in [5, 5.41) is 0. The summed E-state index contributed by atoms with van der Waals surface area (Å²) < 4.78 is 9.83. The van der Waals surface area contributed by atoms with E-state index in [4.69, 9.17) is 9.47 Å². The number of carbonyl (C=O) groups is 2. The number of hydrogen-bond acceptors (Lipinski definition) is 4. The second-order valence-corrected chi connectivity index (χ2v) is 5.72. The Kier molecular flexibility index (Phi) is 13.7. The van der Waals surface area contributed by atoms with E-state index in [9.17, 15) is 9.59 Å². The van der Waals surface area contributed by atoms with Gasteiger partial charge < -0.3 is 9.47 Å². The van der Waals surface area contributed by atoms with Crippen molar-refractivity contribution < 1.29 is 19.1 Å². The fourth-order valence-electron chi connectivity index (χ4n) is 2.07. The quantitative estimate of drug-likeness (QED) is 0.268. The smallest absolute Gasteiger partial charge is 0.333 e. The Bertz CT molecular complexity index is 323. The van der Waals surface area contributed by atoms with Crippen LogP contribution in [-0.4, -0.2) is 25.2 Å². The van der Waals surface area contributed by atoms with Crippen LogP contribution in [0.25, 0.3) is 0 Å². The van der Waals surface area contributed by atoms with E-state index in [0.717, 1.165) is 12.8 Å². The number of unbranched alkanes of at least 4 members (excludes halogenated alkanes) is 8. The number of esters is 2. The molecule has 0 heterocycles. The summed E-state index contributed by atoms with van der Waals surface area (Å²) in [6.45, 7) is 7.49. The zero-order valence-corrected chi connectivity index (χ0v) is 14.3. The molecular weight excluding hydrogens is 280 g/mol. The van der Waals surface area contributed by atoms with Gasteiger partial charge in [-0.1, -0.05) is 64.9 Å². The molecule has 0 aromatic rings. The van der Waals surface area contributed by atoms with Gasteiger partial charge in [-0.25, -0.2) is 4.79 Å². The molecule has 0 aliphatic carbocycles. The van der Waals surface area contributed by atoms with Gasteiger partial charge in [0.2, 0.25) is 0 Å². The lowest BCUT2D eigenvalue weighted by molar-refractivity contribution is -0.150. The molecule has 0 aromatic carbocycles. The predicted octanol–water partition coefficient (Wildman–Crippen LogP) is 4.57. The second-order valence-electron chi connectivity index (χ2n) is 5.72. The zero-order chi connectivity index (χ0) is 16.6. The van der Waals surface area contributed by atoms with Crippen molar-refractivity contribution in [2.24, 2.45) is 0 Å². The largest absolute Gasteiger partial charge is 0.462 e. The van der Waals surface area contributed by atoms with Gasteiger partial charge in [0.1, 0.15) is 13.2 Å². The van der Waals surface area contributed by atoms with E-state index in [0.29, 0.717) is 12.0 Å². The molecule has 0 fully saturated rings. The van der Waals surface area contributed by atoms with Gasteiger partial charge in [-0.05, 0) is 13.3 Å². The Morgan fingerprint density at radius 2 is 1.32 bits per heavy atom. The number of ether oxygens (including phenoxy) is 2. The summed E-state index contributed by atoms with van der Waals surface area (Å²) in [5.41, 5.74) is 0.348. The maximum Gasteiger partial charge on any atom is 0.333 e. The fourth-order valence-corrected chi connectivity index (χ4v) is 2.07. The highest BCUT2D eigenvalue weighted by Crippen LogP contribution is 2.10. The van der Waals surface area contributed by atoms with Crippen LogP contribution in [0.5, 0.6) is 0 Å². The van der Waals surface area contributed by atoms with E-state index >= 15 is 0 Å². The minimum Gasteiger partial charge on any atom is -0.462 e. The Labute approximate surface area is 135 Å². The first-order valence-corrected chi connectivity index (χ1v) is 8.56. The van der Waals surface area contributed by atoms with Crippen molar-refractivity contribution in [2.45, 2.75) is 78.1 Å².